The summed E-state index contributed by atoms with van der Waals surface area (Å²) in [6.07, 6.45) is 5.06. The second-order valence-corrected chi connectivity index (χ2v) is 3.91. The molecule has 3 heteroatoms. The van der Waals surface area contributed by atoms with Gasteiger partial charge in [-0.2, -0.15) is 0 Å². The minimum atomic E-state index is -0.310. The van der Waals surface area contributed by atoms with Crippen molar-refractivity contribution in [3.63, 3.8) is 0 Å². The summed E-state index contributed by atoms with van der Waals surface area (Å²) in [5.41, 5.74) is 1.23. The monoisotopic (exact) mass is 232 g/mol. The van der Waals surface area contributed by atoms with Crippen molar-refractivity contribution in [1.82, 2.24) is 0 Å². The molecule has 0 N–H and O–H groups in total. The van der Waals surface area contributed by atoms with Crippen LogP contribution < -0.4 is 4.74 Å². The first-order valence-electron chi connectivity index (χ1n) is 5.89. The molecule has 1 heterocycles. The molecule has 1 aromatic carbocycles. The number of para-hydroxylation sites is 1. The van der Waals surface area contributed by atoms with Crippen molar-refractivity contribution in [2.45, 2.75) is 25.9 Å². The van der Waals surface area contributed by atoms with E-state index in [2.05, 4.69) is 6.07 Å². The van der Waals surface area contributed by atoms with E-state index >= 15 is 0 Å². The molecule has 2 rings (SSSR count). The van der Waals surface area contributed by atoms with Gasteiger partial charge in [0.1, 0.15) is 11.9 Å². The summed E-state index contributed by atoms with van der Waals surface area (Å²) in [6, 6.07) is 7.99. The number of carbonyl (C=O) groups is 1. The summed E-state index contributed by atoms with van der Waals surface area (Å²) < 4.78 is 10.6. The summed E-state index contributed by atoms with van der Waals surface area (Å²) in [5.74, 6) is 0.604. The van der Waals surface area contributed by atoms with Crippen molar-refractivity contribution >= 4 is 5.97 Å². The normalized spacial score (nSPS) is 18.5. The minimum absolute atomic E-state index is 0.0330. The maximum atomic E-state index is 11.2. The highest BCUT2D eigenvalue weighted by molar-refractivity contribution is 5.81. The van der Waals surface area contributed by atoms with E-state index in [-0.39, 0.29) is 12.1 Å². The van der Waals surface area contributed by atoms with Gasteiger partial charge in [0.2, 0.25) is 0 Å². The Morgan fingerprint density at radius 1 is 1.53 bits per heavy atom. The van der Waals surface area contributed by atoms with Crippen LogP contribution in [0.5, 0.6) is 5.75 Å². The third-order valence-corrected chi connectivity index (χ3v) is 2.68. The summed E-state index contributed by atoms with van der Waals surface area (Å²) in [5, 5.41) is 0. The van der Waals surface area contributed by atoms with E-state index in [0.29, 0.717) is 6.61 Å². The van der Waals surface area contributed by atoms with Crippen molar-refractivity contribution in [3.05, 3.63) is 42.0 Å². The van der Waals surface area contributed by atoms with Crippen LogP contribution in [-0.4, -0.2) is 18.7 Å². The molecule has 0 amide bonds. The molecule has 0 unspecified atom stereocenters. The van der Waals surface area contributed by atoms with Crippen molar-refractivity contribution < 1.29 is 14.3 Å². The van der Waals surface area contributed by atoms with Gasteiger partial charge in [0, 0.05) is 6.08 Å². The van der Waals surface area contributed by atoms with Gasteiger partial charge in [0.25, 0.3) is 0 Å². The lowest BCUT2D eigenvalue weighted by molar-refractivity contribution is -0.137. The Balaban J connectivity index is 1.96. The van der Waals surface area contributed by atoms with Crippen molar-refractivity contribution in [2.24, 2.45) is 0 Å². The van der Waals surface area contributed by atoms with Crippen molar-refractivity contribution in [3.8, 4) is 5.75 Å². The van der Waals surface area contributed by atoms with Crippen LogP contribution in [0, 0.1) is 0 Å². The molecule has 0 spiro atoms. The number of aryl methyl sites for hydroxylation is 1. The first-order chi connectivity index (χ1) is 8.29. The SMILES string of the molecule is CCOC(=O)/C=C/[C@@H]1CCc2ccccc2O1. The van der Waals surface area contributed by atoms with Crippen molar-refractivity contribution in [1.29, 1.82) is 0 Å². The van der Waals surface area contributed by atoms with Crippen molar-refractivity contribution in [2.75, 3.05) is 6.61 Å². The van der Waals surface area contributed by atoms with Crippen LogP contribution >= 0.6 is 0 Å². The fourth-order valence-corrected chi connectivity index (χ4v) is 1.86. The second-order valence-electron chi connectivity index (χ2n) is 3.91. The molecule has 1 aliphatic rings. The largest absolute Gasteiger partial charge is 0.486 e. The molecule has 3 nitrogen and oxygen atoms in total. The smallest absolute Gasteiger partial charge is 0.330 e. The van der Waals surface area contributed by atoms with Crippen LogP contribution in [0.4, 0.5) is 0 Å². The fourth-order valence-electron chi connectivity index (χ4n) is 1.86. The van der Waals surface area contributed by atoms with E-state index in [9.17, 15) is 4.79 Å². The standard InChI is InChI=1S/C14H16O3/c1-2-16-14(15)10-9-12-8-7-11-5-3-4-6-13(11)17-12/h3-6,9-10,12H,2,7-8H2,1H3/b10-9+/t12-/m0/s1. The summed E-state index contributed by atoms with van der Waals surface area (Å²) >= 11 is 0. The third-order valence-electron chi connectivity index (χ3n) is 2.68. The molecule has 0 aromatic heterocycles. The van der Waals surface area contributed by atoms with Gasteiger partial charge in [-0.05, 0) is 37.5 Å². The van der Waals surface area contributed by atoms with Crippen LogP contribution in [0.25, 0.3) is 0 Å². The summed E-state index contributed by atoms with van der Waals surface area (Å²) in [4.78, 5) is 11.2. The zero-order valence-electron chi connectivity index (χ0n) is 9.89. The van der Waals surface area contributed by atoms with E-state index in [1.165, 1.54) is 11.6 Å². The van der Waals surface area contributed by atoms with Crippen LogP contribution in [0.3, 0.4) is 0 Å². The van der Waals surface area contributed by atoms with E-state index < -0.39 is 0 Å². The van der Waals surface area contributed by atoms with E-state index in [1.54, 1.807) is 13.0 Å². The lowest BCUT2D eigenvalue weighted by Gasteiger charge is -2.23. The highest BCUT2D eigenvalue weighted by Gasteiger charge is 2.16. The molecule has 0 aliphatic carbocycles. The minimum Gasteiger partial charge on any atom is -0.486 e. The van der Waals surface area contributed by atoms with Crippen LogP contribution in [0.2, 0.25) is 0 Å². The van der Waals surface area contributed by atoms with Crippen LogP contribution in [0.1, 0.15) is 18.9 Å². The molecule has 0 fully saturated rings. The number of benzene rings is 1. The molecule has 1 atom stereocenters. The average molecular weight is 232 g/mol. The molecule has 1 aromatic rings. The molecule has 1 aliphatic heterocycles. The van der Waals surface area contributed by atoms with Gasteiger partial charge in [-0.25, -0.2) is 4.79 Å². The second kappa shape index (κ2) is 5.53. The highest BCUT2D eigenvalue weighted by atomic mass is 16.5. The predicted molar refractivity (Wildman–Crippen MR) is 65.0 cm³/mol. The molecule has 0 saturated heterocycles. The first kappa shape index (κ1) is 11.7. The molecule has 17 heavy (non-hydrogen) atoms. The Morgan fingerprint density at radius 2 is 2.35 bits per heavy atom. The molecule has 0 bridgehead atoms. The molecule has 0 saturated carbocycles. The van der Waals surface area contributed by atoms with E-state index in [1.807, 2.05) is 18.2 Å². The van der Waals surface area contributed by atoms with Gasteiger partial charge in [-0.3, -0.25) is 0 Å². The lowest BCUT2D eigenvalue weighted by Crippen LogP contribution is -2.20. The van der Waals surface area contributed by atoms with Gasteiger partial charge in [0.15, 0.2) is 0 Å². The molecule has 0 radical (unpaired) electrons. The number of esters is 1. The maximum absolute atomic E-state index is 11.2. The number of carbonyl (C=O) groups excluding carboxylic acids is 1. The Hall–Kier alpha value is -1.77. The van der Waals surface area contributed by atoms with Crippen LogP contribution in [-0.2, 0) is 16.0 Å². The zero-order valence-corrected chi connectivity index (χ0v) is 9.89. The number of ether oxygens (including phenoxy) is 2. The Morgan fingerprint density at radius 3 is 3.18 bits per heavy atom. The molecule has 90 valence electrons. The Kier molecular flexibility index (Phi) is 3.81. The van der Waals surface area contributed by atoms with Gasteiger partial charge in [-0.1, -0.05) is 18.2 Å². The lowest BCUT2D eigenvalue weighted by atomic mass is 10.0. The van der Waals surface area contributed by atoms with E-state index in [0.717, 1.165) is 18.6 Å². The third kappa shape index (κ3) is 3.09. The van der Waals surface area contributed by atoms with Gasteiger partial charge >= 0.3 is 5.97 Å². The molecular formula is C14H16O3. The zero-order chi connectivity index (χ0) is 12.1. The fraction of sp³-hybridized carbons (Fsp3) is 0.357. The predicted octanol–water partition coefficient (Wildman–Crippen LogP) is 2.50. The number of fused-ring (bicyclic) bond motifs is 1. The number of rotatable bonds is 3. The Labute approximate surface area is 101 Å². The summed E-state index contributed by atoms with van der Waals surface area (Å²) in [6.45, 7) is 2.19. The number of hydrogen-bond acceptors (Lipinski definition) is 3. The topological polar surface area (TPSA) is 35.5 Å². The average Bonchev–Trinajstić information content (AvgIpc) is 2.36. The van der Waals surface area contributed by atoms with Crippen LogP contribution in [0.15, 0.2) is 36.4 Å². The van der Waals surface area contributed by atoms with Gasteiger partial charge in [0.05, 0.1) is 6.61 Å². The highest BCUT2D eigenvalue weighted by Crippen LogP contribution is 2.27. The quantitative estimate of drug-likeness (QED) is 0.593. The Bertz CT molecular complexity index is 423. The first-order valence-corrected chi connectivity index (χ1v) is 5.89. The van der Waals surface area contributed by atoms with Gasteiger partial charge in [-0.15, -0.1) is 0 Å². The summed E-state index contributed by atoms with van der Waals surface area (Å²) in [7, 11) is 0. The van der Waals surface area contributed by atoms with Gasteiger partial charge < -0.3 is 9.47 Å². The maximum Gasteiger partial charge on any atom is 0.330 e. The van der Waals surface area contributed by atoms with E-state index in [4.69, 9.17) is 9.47 Å². The molecular weight excluding hydrogens is 216 g/mol. The number of hydrogen-bond donors (Lipinski definition) is 0.